The Bertz CT molecular complexity index is 429. The number of carbonyl (C=O) groups is 1. The van der Waals surface area contributed by atoms with Crippen molar-refractivity contribution in [2.24, 2.45) is 0 Å². The van der Waals surface area contributed by atoms with Crippen LogP contribution in [0.15, 0.2) is 18.2 Å². The van der Waals surface area contributed by atoms with E-state index in [-0.39, 0.29) is 5.78 Å². The van der Waals surface area contributed by atoms with Crippen molar-refractivity contribution in [2.45, 2.75) is 19.3 Å². The molecule has 2 heteroatoms. The number of benzene rings is 1. The van der Waals surface area contributed by atoms with Gasteiger partial charge in [0.05, 0.1) is 0 Å². The van der Waals surface area contributed by atoms with Gasteiger partial charge >= 0.3 is 0 Å². The quantitative estimate of drug-likeness (QED) is 0.597. The lowest BCUT2D eigenvalue weighted by molar-refractivity contribution is 0.0984. The third kappa shape index (κ3) is 2.02. The van der Waals surface area contributed by atoms with Gasteiger partial charge in [0.1, 0.15) is 0 Å². The van der Waals surface area contributed by atoms with Crippen LogP contribution in [0.1, 0.15) is 28.8 Å². The number of terminal acetylenes is 1. The minimum Gasteiger partial charge on any atom is -0.384 e. The highest BCUT2D eigenvalue weighted by Gasteiger charge is 2.12. The molecule has 15 heavy (non-hydrogen) atoms. The number of hydrogen-bond acceptors (Lipinski definition) is 2. The molecule has 0 unspecified atom stereocenters. The van der Waals surface area contributed by atoms with Crippen molar-refractivity contribution < 1.29 is 4.79 Å². The maximum atomic E-state index is 11.7. The smallest absolute Gasteiger partial charge is 0.163 e. The summed E-state index contributed by atoms with van der Waals surface area (Å²) in [4.78, 5) is 11.7. The highest BCUT2D eigenvalue weighted by atomic mass is 16.1. The Balaban J connectivity index is 2.16. The van der Waals surface area contributed by atoms with Gasteiger partial charge in [-0.3, -0.25) is 4.79 Å². The van der Waals surface area contributed by atoms with Crippen molar-refractivity contribution >= 4 is 11.5 Å². The van der Waals surface area contributed by atoms with Crippen molar-refractivity contribution in [2.75, 3.05) is 11.9 Å². The minimum atomic E-state index is 0.141. The van der Waals surface area contributed by atoms with Gasteiger partial charge in [0, 0.05) is 30.6 Å². The second-order valence-corrected chi connectivity index (χ2v) is 3.68. The van der Waals surface area contributed by atoms with Crippen LogP contribution in [0.2, 0.25) is 0 Å². The molecule has 1 N–H and O–H groups in total. The van der Waals surface area contributed by atoms with Crippen molar-refractivity contribution in [3.05, 3.63) is 29.3 Å². The molecule has 0 amide bonds. The lowest BCUT2D eigenvalue weighted by atomic mass is 10.0. The fourth-order valence-corrected chi connectivity index (χ4v) is 1.81. The number of rotatable bonds is 3. The van der Waals surface area contributed by atoms with Gasteiger partial charge in [-0.25, -0.2) is 0 Å². The van der Waals surface area contributed by atoms with Gasteiger partial charge in [0.15, 0.2) is 5.78 Å². The molecule has 0 radical (unpaired) electrons. The third-order valence-electron chi connectivity index (χ3n) is 2.63. The molecule has 0 saturated heterocycles. The van der Waals surface area contributed by atoms with E-state index >= 15 is 0 Å². The molecule has 76 valence electrons. The van der Waals surface area contributed by atoms with E-state index in [0.717, 1.165) is 24.2 Å². The second kappa shape index (κ2) is 4.18. The Kier molecular flexibility index (Phi) is 2.73. The zero-order valence-electron chi connectivity index (χ0n) is 8.55. The lowest BCUT2D eigenvalue weighted by Crippen LogP contribution is -1.99. The first-order chi connectivity index (χ1) is 7.31. The summed E-state index contributed by atoms with van der Waals surface area (Å²) < 4.78 is 0. The van der Waals surface area contributed by atoms with E-state index in [9.17, 15) is 4.79 Å². The first-order valence-corrected chi connectivity index (χ1v) is 5.15. The van der Waals surface area contributed by atoms with Crippen LogP contribution in [0.5, 0.6) is 0 Å². The Morgan fingerprint density at radius 2 is 2.40 bits per heavy atom. The van der Waals surface area contributed by atoms with Crippen LogP contribution in [-0.2, 0) is 6.42 Å². The predicted molar refractivity (Wildman–Crippen MR) is 61.0 cm³/mol. The zero-order valence-corrected chi connectivity index (χ0v) is 8.55. The molecule has 1 aliphatic rings. The first kappa shape index (κ1) is 9.79. The molecule has 0 saturated carbocycles. The summed E-state index contributed by atoms with van der Waals surface area (Å²) in [6.07, 6.45) is 7.11. The average molecular weight is 199 g/mol. The number of Topliss-reactive ketones (excluding diaryl/α,β-unsaturated/α-hetero) is 1. The summed E-state index contributed by atoms with van der Waals surface area (Å²) in [5.74, 6) is 2.63. The van der Waals surface area contributed by atoms with Gasteiger partial charge < -0.3 is 5.32 Å². The van der Waals surface area contributed by atoms with Crippen LogP contribution in [0, 0.1) is 12.3 Å². The average Bonchev–Trinajstić information content (AvgIpc) is 2.72. The van der Waals surface area contributed by atoms with Crippen LogP contribution in [-0.4, -0.2) is 12.3 Å². The Labute approximate surface area is 89.7 Å². The highest BCUT2D eigenvalue weighted by Crippen LogP contribution is 2.23. The molecule has 2 rings (SSSR count). The highest BCUT2D eigenvalue weighted by molar-refractivity contribution is 5.96. The van der Waals surface area contributed by atoms with E-state index in [1.807, 2.05) is 18.2 Å². The summed E-state index contributed by atoms with van der Waals surface area (Å²) in [6, 6.07) is 5.83. The van der Waals surface area contributed by atoms with Crippen LogP contribution in [0.25, 0.3) is 0 Å². The van der Waals surface area contributed by atoms with Gasteiger partial charge in [-0.15, -0.1) is 12.3 Å². The molecule has 0 bridgehead atoms. The Morgan fingerprint density at radius 1 is 1.53 bits per heavy atom. The molecule has 0 spiro atoms. The number of anilines is 1. The molecular weight excluding hydrogens is 186 g/mol. The van der Waals surface area contributed by atoms with Crippen molar-refractivity contribution in [1.29, 1.82) is 0 Å². The number of hydrogen-bond donors (Lipinski definition) is 1. The van der Waals surface area contributed by atoms with Gasteiger partial charge in [-0.05, 0) is 30.2 Å². The van der Waals surface area contributed by atoms with Gasteiger partial charge in [0.25, 0.3) is 0 Å². The van der Waals surface area contributed by atoms with Crippen LogP contribution < -0.4 is 5.32 Å². The lowest BCUT2D eigenvalue weighted by Gasteiger charge is -2.02. The SMILES string of the molecule is C#CCCC(=O)c1ccc2c(c1)CCN2. The molecule has 2 nitrogen and oxygen atoms in total. The number of carbonyl (C=O) groups excluding carboxylic acids is 1. The second-order valence-electron chi connectivity index (χ2n) is 3.68. The van der Waals surface area contributed by atoms with Crippen molar-refractivity contribution in [3.63, 3.8) is 0 Å². The van der Waals surface area contributed by atoms with Crippen LogP contribution in [0.3, 0.4) is 0 Å². The molecular formula is C13H13NO. The van der Waals surface area contributed by atoms with Crippen LogP contribution >= 0.6 is 0 Å². The van der Waals surface area contributed by atoms with E-state index in [0.29, 0.717) is 12.8 Å². The summed E-state index contributed by atoms with van der Waals surface area (Å²) in [5, 5.41) is 3.27. The number of nitrogens with one attached hydrogen (secondary N) is 1. The standard InChI is InChI=1S/C13H13NO/c1-2-3-4-13(15)11-5-6-12-10(9-11)7-8-14-12/h1,5-6,9,14H,3-4,7-8H2. The molecule has 1 heterocycles. The van der Waals surface area contributed by atoms with Gasteiger partial charge in [-0.1, -0.05) is 0 Å². The molecule has 1 aliphatic heterocycles. The molecule has 0 atom stereocenters. The van der Waals surface area contributed by atoms with Crippen molar-refractivity contribution in [3.8, 4) is 12.3 Å². The van der Waals surface area contributed by atoms with Crippen molar-refractivity contribution in [1.82, 2.24) is 0 Å². The number of fused-ring (bicyclic) bond motifs is 1. The largest absolute Gasteiger partial charge is 0.384 e. The minimum absolute atomic E-state index is 0.141. The van der Waals surface area contributed by atoms with E-state index in [2.05, 4.69) is 11.2 Å². The fourth-order valence-electron chi connectivity index (χ4n) is 1.81. The van der Waals surface area contributed by atoms with E-state index in [1.54, 1.807) is 0 Å². The van der Waals surface area contributed by atoms with Gasteiger partial charge in [0.2, 0.25) is 0 Å². The van der Waals surface area contributed by atoms with Gasteiger partial charge in [-0.2, -0.15) is 0 Å². The monoisotopic (exact) mass is 199 g/mol. The summed E-state index contributed by atoms with van der Waals surface area (Å²) in [6.45, 7) is 0.970. The van der Waals surface area contributed by atoms with Crippen LogP contribution in [0.4, 0.5) is 5.69 Å². The third-order valence-corrected chi connectivity index (χ3v) is 2.63. The maximum absolute atomic E-state index is 11.7. The normalized spacial score (nSPS) is 12.7. The topological polar surface area (TPSA) is 29.1 Å². The first-order valence-electron chi connectivity index (χ1n) is 5.15. The Hall–Kier alpha value is -1.75. The molecule has 1 aromatic carbocycles. The zero-order chi connectivity index (χ0) is 10.7. The summed E-state index contributed by atoms with van der Waals surface area (Å²) in [7, 11) is 0. The predicted octanol–water partition coefficient (Wildman–Crippen LogP) is 2.25. The molecule has 0 fully saturated rings. The molecule has 1 aromatic rings. The maximum Gasteiger partial charge on any atom is 0.163 e. The molecule has 0 aromatic heterocycles. The van der Waals surface area contributed by atoms with E-state index < -0.39 is 0 Å². The number of ketones is 1. The van der Waals surface area contributed by atoms with E-state index in [4.69, 9.17) is 6.42 Å². The van der Waals surface area contributed by atoms with E-state index in [1.165, 1.54) is 5.56 Å². The summed E-state index contributed by atoms with van der Waals surface area (Å²) in [5.41, 5.74) is 3.18. The fraction of sp³-hybridized carbons (Fsp3) is 0.308. The summed E-state index contributed by atoms with van der Waals surface area (Å²) >= 11 is 0. The molecule has 0 aliphatic carbocycles. The Morgan fingerprint density at radius 3 is 3.20 bits per heavy atom.